The Bertz CT molecular complexity index is 698. The summed E-state index contributed by atoms with van der Waals surface area (Å²) >= 11 is 5.93. The van der Waals surface area contributed by atoms with E-state index in [9.17, 15) is 14.7 Å². The molecule has 108 valence electrons. The number of Topliss-reactive ketones (excluding diaryl/α,β-unsaturated/α-hetero) is 2. The highest BCUT2D eigenvalue weighted by molar-refractivity contribution is 6.30. The first-order valence-electron chi connectivity index (χ1n) is 6.50. The van der Waals surface area contributed by atoms with E-state index in [-0.39, 0.29) is 35.9 Å². The zero-order chi connectivity index (χ0) is 15.4. The van der Waals surface area contributed by atoms with Crippen LogP contribution in [-0.2, 0) is 4.79 Å². The summed E-state index contributed by atoms with van der Waals surface area (Å²) in [5, 5.41) is 10.6. The van der Waals surface area contributed by atoms with E-state index in [1.54, 1.807) is 24.4 Å². The molecule has 0 spiro atoms. The molecule has 0 aliphatic carbocycles. The number of carbonyl (C=O) groups excluding carboxylic acids is 2. The second kappa shape index (κ2) is 6.50. The summed E-state index contributed by atoms with van der Waals surface area (Å²) < 4.78 is 0. The number of ketones is 2. The minimum absolute atomic E-state index is 0.0570. The lowest BCUT2D eigenvalue weighted by Crippen LogP contribution is -2.17. The van der Waals surface area contributed by atoms with Crippen LogP contribution < -0.4 is 4.98 Å². The van der Waals surface area contributed by atoms with Gasteiger partial charge >= 0.3 is 0 Å². The highest BCUT2D eigenvalue weighted by atomic mass is 35.5. The second-order valence-electron chi connectivity index (χ2n) is 4.78. The van der Waals surface area contributed by atoms with Crippen molar-refractivity contribution < 1.29 is 19.7 Å². The molecule has 0 fully saturated rings. The van der Waals surface area contributed by atoms with E-state index in [4.69, 9.17) is 11.6 Å². The predicted octanol–water partition coefficient (Wildman–Crippen LogP) is 3.08. The number of rotatable bonds is 5. The van der Waals surface area contributed by atoms with Crippen molar-refractivity contribution in [1.82, 2.24) is 0 Å². The lowest BCUT2D eigenvalue weighted by Gasteiger charge is -2.02. The lowest BCUT2D eigenvalue weighted by molar-refractivity contribution is -0.382. The van der Waals surface area contributed by atoms with Gasteiger partial charge in [-0.2, -0.15) is 0 Å². The number of aromatic amines is 1. The quantitative estimate of drug-likeness (QED) is 0.863. The molecule has 0 amide bonds. The van der Waals surface area contributed by atoms with Gasteiger partial charge in [0.1, 0.15) is 5.78 Å². The molecule has 0 aliphatic heterocycles. The number of H-pyrrole nitrogens is 1. The summed E-state index contributed by atoms with van der Waals surface area (Å²) in [7, 11) is 0. The van der Waals surface area contributed by atoms with Crippen molar-refractivity contribution in [2.45, 2.75) is 19.8 Å². The second-order valence-corrected chi connectivity index (χ2v) is 5.22. The zero-order valence-electron chi connectivity index (χ0n) is 11.5. The number of halogens is 1. The van der Waals surface area contributed by atoms with Crippen LogP contribution in [0.5, 0.6) is 5.75 Å². The number of nitrogens with one attached hydrogen (secondary N) is 1. The van der Waals surface area contributed by atoms with E-state index in [1.807, 2.05) is 6.07 Å². The fourth-order valence-electron chi connectivity index (χ4n) is 1.96. The van der Waals surface area contributed by atoms with Crippen LogP contribution in [0.25, 0.3) is 11.1 Å². The van der Waals surface area contributed by atoms with Gasteiger partial charge in [-0.25, -0.2) is 4.98 Å². The van der Waals surface area contributed by atoms with E-state index < -0.39 is 0 Å². The SMILES string of the molecule is CC(=O)CCC(=O)c1[nH+]cc(-c2cccc(Cl)c2)cc1O. The Morgan fingerprint density at radius 2 is 1.95 bits per heavy atom. The molecule has 0 unspecified atom stereocenters. The first kappa shape index (κ1) is 15.2. The van der Waals surface area contributed by atoms with E-state index in [0.717, 1.165) is 11.1 Å². The fraction of sp³-hybridized carbons (Fsp3) is 0.188. The fourth-order valence-corrected chi connectivity index (χ4v) is 2.15. The van der Waals surface area contributed by atoms with Crippen molar-refractivity contribution in [2.24, 2.45) is 0 Å². The first-order valence-corrected chi connectivity index (χ1v) is 6.88. The number of hydrogen-bond acceptors (Lipinski definition) is 3. The number of aromatic nitrogens is 1. The average molecular weight is 305 g/mol. The van der Waals surface area contributed by atoms with Crippen molar-refractivity contribution in [2.75, 3.05) is 0 Å². The van der Waals surface area contributed by atoms with Gasteiger partial charge in [0.05, 0.1) is 0 Å². The maximum Gasteiger partial charge on any atom is 0.289 e. The van der Waals surface area contributed by atoms with Gasteiger partial charge in [-0.15, -0.1) is 0 Å². The smallest absolute Gasteiger partial charge is 0.289 e. The molecule has 21 heavy (non-hydrogen) atoms. The summed E-state index contributed by atoms with van der Waals surface area (Å²) in [6.45, 7) is 1.43. The molecule has 0 atom stereocenters. The third-order valence-corrected chi connectivity index (χ3v) is 3.30. The van der Waals surface area contributed by atoms with Crippen molar-refractivity contribution in [1.29, 1.82) is 0 Å². The molecular weight excluding hydrogens is 290 g/mol. The normalized spacial score (nSPS) is 10.4. The molecule has 1 aromatic heterocycles. The van der Waals surface area contributed by atoms with Crippen LogP contribution in [0.2, 0.25) is 5.02 Å². The van der Waals surface area contributed by atoms with Crippen LogP contribution in [0.15, 0.2) is 36.5 Å². The van der Waals surface area contributed by atoms with Crippen LogP contribution in [0, 0.1) is 0 Å². The van der Waals surface area contributed by atoms with Gasteiger partial charge in [0.25, 0.3) is 5.69 Å². The molecule has 0 radical (unpaired) electrons. The van der Waals surface area contributed by atoms with Crippen molar-refractivity contribution in [3.63, 3.8) is 0 Å². The molecule has 5 heteroatoms. The van der Waals surface area contributed by atoms with E-state index in [1.165, 1.54) is 13.0 Å². The van der Waals surface area contributed by atoms with Gasteiger partial charge < -0.3 is 9.90 Å². The summed E-state index contributed by atoms with van der Waals surface area (Å²) in [5.41, 5.74) is 1.66. The van der Waals surface area contributed by atoms with E-state index in [0.29, 0.717) is 5.02 Å². The average Bonchev–Trinajstić information content (AvgIpc) is 2.44. The van der Waals surface area contributed by atoms with Gasteiger partial charge in [-0.3, -0.25) is 4.79 Å². The van der Waals surface area contributed by atoms with E-state index in [2.05, 4.69) is 4.98 Å². The largest absolute Gasteiger partial charge is 0.502 e. The Morgan fingerprint density at radius 3 is 2.57 bits per heavy atom. The highest BCUT2D eigenvalue weighted by Crippen LogP contribution is 2.25. The summed E-state index contributed by atoms with van der Waals surface area (Å²) in [6.07, 6.45) is 1.88. The molecule has 1 aromatic carbocycles. The van der Waals surface area contributed by atoms with Crippen molar-refractivity contribution in [3.8, 4) is 16.9 Å². The molecule has 0 saturated heterocycles. The maximum absolute atomic E-state index is 11.9. The lowest BCUT2D eigenvalue weighted by atomic mass is 10.0. The molecular formula is C16H15ClNO3+. The summed E-state index contributed by atoms with van der Waals surface area (Å²) in [4.78, 5) is 25.6. The van der Waals surface area contributed by atoms with Gasteiger partial charge in [0.15, 0.2) is 11.9 Å². The van der Waals surface area contributed by atoms with Crippen LogP contribution >= 0.6 is 11.6 Å². The van der Waals surface area contributed by atoms with Crippen LogP contribution in [0.4, 0.5) is 0 Å². The molecule has 0 saturated carbocycles. The Kier molecular flexibility index (Phi) is 4.70. The third kappa shape index (κ3) is 3.89. The Morgan fingerprint density at radius 1 is 1.19 bits per heavy atom. The van der Waals surface area contributed by atoms with Gasteiger partial charge in [0.2, 0.25) is 5.78 Å². The first-order chi connectivity index (χ1) is 9.97. The number of hydrogen-bond donors (Lipinski definition) is 1. The summed E-state index contributed by atoms with van der Waals surface area (Å²) in [5.74, 6) is -0.486. The minimum Gasteiger partial charge on any atom is -0.502 e. The Labute approximate surface area is 127 Å². The van der Waals surface area contributed by atoms with Crippen molar-refractivity contribution >= 4 is 23.2 Å². The Balaban J connectivity index is 2.25. The van der Waals surface area contributed by atoms with Crippen molar-refractivity contribution in [3.05, 3.63) is 47.2 Å². The highest BCUT2D eigenvalue weighted by Gasteiger charge is 2.20. The molecule has 2 N–H and O–H groups in total. The monoisotopic (exact) mass is 304 g/mol. The molecule has 1 heterocycles. The minimum atomic E-state index is -0.291. The van der Waals surface area contributed by atoms with Crippen LogP contribution in [0.3, 0.4) is 0 Å². The molecule has 0 bridgehead atoms. The van der Waals surface area contributed by atoms with Gasteiger partial charge in [0, 0.05) is 29.5 Å². The Hall–Kier alpha value is -2.20. The molecule has 4 nitrogen and oxygen atoms in total. The number of pyridine rings is 1. The predicted molar refractivity (Wildman–Crippen MR) is 79.4 cm³/mol. The zero-order valence-corrected chi connectivity index (χ0v) is 12.3. The molecule has 2 rings (SSSR count). The summed E-state index contributed by atoms with van der Waals surface area (Å²) in [6, 6.07) is 8.69. The van der Waals surface area contributed by atoms with E-state index >= 15 is 0 Å². The molecule has 2 aromatic rings. The number of carbonyl (C=O) groups is 2. The number of aromatic hydroxyl groups is 1. The maximum atomic E-state index is 11.9. The van der Waals surface area contributed by atoms with Crippen LogP contribution in [-0.4, -0.2) is 16.7 Å². The third-order valence-electron chi connectivity index (χ3n) is 3.06. The standard InChI is InChI=1S/C16H14ClNO3/c1-10(19)5-6-14(20)16-15(21)8-12(9-18-16)11-3-2-4-13(17)7-11/h2-4,7-9,21H,5-6H2,1H3/p+1. The van der Waals surface area contributed by atoms with Gasteiger partial charge in [-0.05, 0) is 24.6 Å². The van der Waals surface area contributed by atoms with Crippen LogP contribution in [0.1, 0.15) is 30.3 Å². The van der Waals surface area contributed by atoms with Gasteiger partial charge in [-0.1, -0.05) is 23.7 Å². The number of benzene rings is 1. The molecule has 0 aliphatic rings. The topological polar surface area (TPSA) is 68.5 Å².